The molecule has 3 aromatic carbocycles. The Kier molecular flexibility index (Phi) is 6.27. The molecule has 2 atom stereocenters. The maximum Gasteiger partial charge on any atom is 0.251 e. The molecular formula is C25H27NO2. The Labute approximate surface area is 167 Å². The molecule has 2 N–H and O–H groups in total. The van der Waals surface area contributed by atoms with E-state index in [9.17, 15) is 9.90 Å². The zero-order valence-corrected chi connectivity index (χ0v) is 16.6. The van der Waals surface area contributed by atoms with Gasteiger partial charge in [0, 0.05) is 12.0 Å². The van der Waals surface area contributed by atoms with E-state index < -0.39 is 6.10 Å². The predicted octanol–water partition coefficient (Wildman–Crippen LogP) is 5.21. The number of benzene rings is 3. The van der Waals surface area contributed by atoms with Crippen molar-refractivity contribution in [2.75, 3.05) is 0 Å². The first-order valence-corrected chi connectivity index (χ1v) is 9.61. The third kappa shape index (κ3) is 5.08. The van der Waals surface area contributed by atoms with Gasteiger partial charge in [0.25, 0.3) is 5.91 Å². The summed E-state index contributed by atoms with van der Waals surface area (Å²) in [5.41, 5.74) is 5.88. The van der Waals surface area contributed by atoms with Gasteiger partial charge in [0.2, 0.25) is 0 Å². The second-order valence-corrected chi connectivity index (χ2v) is 7.46. The molecule has 0 bridgehead atoms. The third-order valence-corrected chi connectivity index (χ3v) is 5.02. The molecule has 0 aliphatic heterocycles. The molecule has 3 rings (SSSR count). The SMILES string of the molecule is Cc1ccc(C(=O)N[C@@H](C[C@@H](O)c2ccc(C)cc2)c2ccc(C)cc2)cc1. The van der Waals surface area contributed by atoms with Gasteiger partial charge < -0.3 is 10.4 Å². The molecule has 0 aromatic heterocycles. The van der Waals surface area contributed by atoms with Gasteiger partial charge in [-0.25, -0.2) is 0 Å². The van der Waals surface area contributed by atoms with Crippen molar-refractivity contribution in [2.45, 2.75) is 39.3 Å². The molecular weight excluding hydrogens is 346 g/mol. The van der Waals surface area contributed by atoms with Crippen LogP contribution >= 0.6 is 0 Å². The molecule has 1 amide bonds. The number of carbonyl (C=O) groups is 1. The van der Waals surface area contributed by atoms with Gasteiger partial charge in [-0.05, 0) is 44.0 Å². The summed E-state index contributed by atoms with van der Waals surface area (Å²) >= 11 is 0. The molecule has 0 saturated carbocycles. The quantitative estimate of drug-likeness (QED) is 0.623. The molecule has 0 aliphatic rings. The van der Waals surface area contributed by atoms with Crippen LogP contribution in [0.2, 0.25) is 0 Å². The second kappa shape index (κ2) is 8.85. The third-order valence-electron chi connectivity index (χ3n) is 5.02. The molecule has 0 saturated heterocycles. The van der Waals surface area contributed by atoms with Crippen molar-refractivity contribution in [1.82, 2.24) is 5.32 Å². The molecule has 0 unspecified atom stereocenters. The largest absolute Gasteiger partial charge is 0.388 e. The normalized spacial score (nSPS) is 13.0. The van der Waals surface area contributed by atoms with Crippen molar-refractivity contribution < 1.29 is 9.90 Å². The van der Waals surface area contributed by atoms with E-state index in [2.05, 4.69) is 5.32 Å². The number of aliphatic hydroxyl groups is 1. The number of nitrogens with one attached hydrogen (secondary N) is 1. The van der Waals surface area contributed by atoms with Gasteiger partial charge in [0.15, 0.2) is 0 Å². The van der Waals surface area contributed by atoms with Crippen LogP contribution in [0.1, 0.15) is 56.7 Å². The topological polar surface area (TPSA) is 49.3 Å². The van der Waals surface area contributed by atoms with E-state index in [4.69, 9.17) is 0 Å². The Morgan fingerprint density at radius 1 is 0.750 bits per heavy atom. The summed E-state index contributed by atoms with van der Waals surface area (Å²) < 4.78 is 0. The summed E-state index contributed by atoms with van der Waals surface area (Å²) in [4.78, 5) is 12.8. The fourth-order valence-electron chi connectivity index (χ4n) is 3.17. The zero-order valence-electron chi connectivity index (χ0n) is 16.6. The summed E-state index contributed by atoms with van der Waals surface area (Å²) in [5, 5.41) is 13.9. The minimum Gasteiger partial charge on any atom is -0.388 e. The van der Waals surface area contributed by atoms with Crippen LogP contribution in [-0.4, -0.2) is 11.0 Å². The predicted molar refractivity (Wildman–Crippen MR) is 113 cm³/mol. The van der Waals surface area contributed by atoms with E-state index in [1.165, 1.54) is 0 Å². The Morgan fingerprint density at radius 3 is 1.68 bits per heavy atom. The van der Waals surface area contributed by atoms with E-state index in [0.717, 1.165) is 27.8 Å². The highest BCUT2D eigenvalue weighted by Crippen LogP contribution is 2.27. The number of hydrogen-bond donors (Lipinski definition) is 2. The summed E-state index contributed by atoms with van der Waals surface area (Å²) in [6, 6.07) is 23.2. The van der Waals surface area contributed by atoms with Crippen LogP contribution < -0.4 is 5.32 Å². The maximum atomic E-state index is 12.8. The standard InChI is InChI=1S/C25H27NO2/c1-17-4-10-20(11-5-17)23(16-24(27)21-12-6-18(2)7-13-21)26-25(28)22-14-8-19(3)9-15-22/h4-15,23-24,27H,16H2,1-3H3,(H,26,28)/t23-,24+/m0/s1. The number of rotatable bonds is 6. The van der Waals surface area contributed by atoms with Gasteiger partial charge in [-0.1, -0.05) is 77.4 Å². The van der Waals surface area contributed by atoms with Crippen LogP contribution in [0.5, 0.6) is 0 Å². The smallest absolute Gasteiger partial charge is 0.251 e. The first-order chi connectivity index (χ1) is 13.4. The highest BCUT2D eigenvalue weighted by Gasteiger charge is 2.20. The Morgan fingerprint density at radius 2 is 1.18 bits per heavy atom. The van der Waals surface area contributed by atoms with Crippen LogP contribution in [0, 0.1) is 20.8 Å². The summed E-state index contributed by atoms with van der Waals surface area (Å²) in [5.74, 6) is -0.137. The van der Waals surface area contributed by atoms with Gasteiger partial charge in [-0.2, -0.15) is 0 Å². The fourth-order valence-corrected chi connectivity index (χ4v) is 3.17. The highest BCUT2D eigenvalue weighted by molar-refractivity contribution is 5.94. The zero-order chi connectivity index (χ0) is 20.1. The molecule has 144 valence electrons. The average Bonchev–Trinajstić information content (AvgIpc) is 2.69. The Bertz CT molecular complexity index is 912. The lowest BCUT2D eigenvalue weighted by Gasteiger charge is -2.23. The lowest BCUT2D eigenvalue weighted by Crippen LogP contribution is -2.29. The average molecular weight is 373 g/mol. The molecule has 3 nitrogen and oxygen atoms in total. The Balaban J connectivity index is 1.82. The number of aryl methyl sites for hydroxylation is 3. The lowest BCUT2D eigenvalue weighted by molar-refractivity contribution is 0.0909. The summed E-state index contributed by atoms with van der Waals surface area (Å²) in [6.45, 7) is 6.05. The monoisotopic (exact) mass is 373 g/mol. The van der Waals surface area contributed by atoms with E-state index in [-0.39, 0.29) is 11.9 Å². The van der Waals surface area contributed by atoms with E-state index in [0.29, 0.717) is 12.0 Å². The van der Waals surface area contributed by atoms with Crippen LogP contribution in [0.25, 0.3) is 0 Å². The first-order valence-electron chi connectivity index (χ1n) is 9.61. The van der Waals surface area contributed by atoms with Gasteiger partial charge in [0.1, 0.15) is 0 Å². The van der Waals surface area contributed by atoms with Crippen LogP contribution in [0.3, 0.4) is 0 Å². The summed E-state index contributed by atoms with van der Waals surface area (Å²) in [7, 11) is 0. The molecule has 3 aromatic rings. The number of hydrogen-bond acceptors (Lipinski definition) is 2. The van der Waals surface area contributed by atoms with E-state index in [1.54, 1.807) is 0 Å². The van der Waals surface area contributed by atoms with Gasteiger partial charge >= 0.3 is 0 Å². The van der Waals surface area contributed by atoms with Gasteiger partial charge in [0.05, 0.1) is 12.1 Å². The molecule has 0 heterocycles. The number of amides is 1. The fraction of sp³-hybridized carbons (Fsp3) is 0.240. The first kappa shape index (κ1) is 19.8. The van der Waals surface area contributed by atoms with Crippen molar-refractivity contribution in [3.8, 4) is 0 Å². The van der Waals surface area contributed by atoms with Crippen molar-refractivity contribution in [3.63, 3.8) is 0 Å². The van der Waals surface area contributed by atoms with Crippen molar-refractivity contribution in [1.29, 1.82) is 0 Å². The molecule has 0 radical (unpaired) electrons. The second-order valence-electron chi connectivity index (χ2n) is 7.46. The van der Waals surface area contributed by atoms with Crippen LogP contribution in [-0.2, 0) is 0 Å². The van der Waals surface area contributed by atoms with Crippen LogP contribution in [0.15, 0.2) is 72.8 Å². The van der Waals surface area contributed by atoms with E-state index in [1.807, 2.05) is 93.6 Å². The van der Waals surface area contributed by atoms with Gasteiger partial charge in [-0.15, -0.1) is 0 Å². The van der Waals surface area contributed by atoms with Crippen molar-refractivity contribution >= 4 is 5.91 Å². The Hall–Kier alpha value is -2.91. The minimum absolute atomic E-state index is 0.137. The van der Waals surface area contributed by atoms with E-state index >= 15 is 0 Å². The molecule has 0 fully saturated rings. The van der Waals surface area contributed by atoms with Crippen molar-refractivity contribution in [2.24, 2.45) is 0 Å². The van der Waals surface area contributed by atoms with Gasteiger partial charge in [-0.3, -0.25) is 4.79 Å². The van der Waals surface area contributed by atoms with Crippen LogP contribution in [0.4, 0.5) is 0 Å². The lowest BCUT2D eigenvalue weighted by atomic mass is 9.95. The summed E-state index contributed by atoms with van der Waals surface area (Å²) in [6.07, 6.45) is -0.255. The molecule has 0 aliphatic carbocycles. The number of carbonyl (C=O) groups excluding carboxylic acids is 1. The molecule has 28 heavy (non-hydrogen) atoms. The number of aliphatic hydroxyl groups excluding tert-OH is 1. The highest BCUT2D eigenvalue weighted by atomic mass is 16.3. The maximum absolute atomic E-state index is 12.8. The minimum atomic E-state index is -0.662. The molecule has 3 heteroatoms. The van der Waals surface area contributed by atoms with Crippen molar-refractivity contribution in [3.05, 3.63) is 106 Å². The molecule has 0 spiro atoms.